The lowest BCUT2D eigenvalue weighted by molar-refractivity contribution is 0.305. The van der Waals surface area contributed by atoms with Gasteiger partial charge >= 0.3 is 0 Å². The summed E-state index contributed by atoms with van der Waals surface area (Å²) in [5, 5.41) is -0.243. The maximum atomic E-state index is 11.7. The SMILES string of the molecule is CS(=O)(=O)C1CCCC(C(N)c2ccc(Br)cn2)C1. The van der Waals surface area contributed by atoms with Gasteiger partial charge in [0.05, 0.1) is 10.9 Å². The molecule has 1 aliphatic carbocycles. The summed E-state index contributed by atoms with van der Waals surface area (Å²) in [5.74, 6) is 0.196. The molecule has 19 heavy (non-hydrogen) atoms. The van der Waals surface area contributed by atoms with Gasteiger partial charge < -0.3 is 5.73 Å². The molecule has 106 valence electrons. The summed E-state index contributed by atoms with van der Waals surface area (Å²) in [6.07, 6.45) is 6.36. The van der Waals surface area contributed by atoms with Crippen LogP contribution in [0, 0.1) is 5.92 Å². The van der Waals surface area contributed by atoms with E-state index in [1.165, 1.54) is 6.26 Å². The number of halogens is 1. The van der Waals surface area contributed by atoms with Crippen molar-refractivity contribution in [2.45, 2.75) is 37.0 Å². The Kier molecular flexibility index (Phi) is 4.63. The van der Waals surface area contributed by atoms with Crippen molar-refractivity contribution in [1.29, 1.82) is 0 Å². The first-order valence-corrected chi connectivity index (χ1v) is 9.18. The third-order valence-corrected chi connectivity index (χ3v) is 5.98. The number of nitrogens with zero attached hydrogens (tertiary/aromatic N) is 1. The van der Waals surface area contributed by atoms with Crippen LogP contribution in [0.25, 0.3) is 0 Å². The van der Waals surface area contributed by atoms with Gasteiger partial charge in [-0.15, -0.1) is 0 Å². The van der Waals surface area contributed by atoms with Gasteiger partial charge in [0.1, 0.15) is 9.84 Å². The van der Waals surface area contributed by atoms with E-state index in [0.29, 0.717) is 6.42 Å². The van der Waals surface area contributed by atoms with Gasteiger partial charge in [-0.2, -0.15) is 0 Å². The van der Waals surface area contributed by atoms with Crippen LogP contribution in [0.4, 0.5) is 0 Å². The number of aromatic nitrogens is 1. The molecule has 0 aliphatic heterocycles. The number of rotatable bonds is 3. The molecule has 2 N–H and O–H groups in total. The predicted molar refractivity (Wildman–Crippen MR) is 79.5 cm³/mol. The van der Waals surface area contributed by atoms with Crippen molar-refractivity contribution in [1.82, 2.24) is 4.98 Å². The highest BCUT2D eigenvalue weighted by molar-refractivity contribution is 9.10. The van der Waals surface area contributed by atoms with Crippen molar-refractivity contribution in [3.05, 3.63) is 28.5 Å². The van der Waals surface area contributed by atoms with E-state index in [9.17, 15) is 8.42 Å². The number of hydrogen-bond acceptors (Lipinski definition) is 4. The fourth-order valence-electron chi connectivity index (χ4n) is 2.72. The molecular weight excluding hydrogens is 328 g/mol. The molecule has 0 bridgehead atoms. The fourth-order valence-corrected chi connectivity index (χ4v) is 4.15. The van der Waals surface area contributed by atoms with Crippen molar-refractivity contribution in [2.75, 3.05) is 6.26 Å². The third kappa shape index (κ3) is 3.77. The van der Waals surface area contributed by atoms with E-state index in [1.807, 2.05) is 12.1 Å². The molecule has 3 unspecified atom stereocenters. The molecule has 6 heteroatoms. The minimum absolute atomic E-state index is 0.183. The number of hydrogen-bond donors (Lipinski definition) is 1. The minimum atomic E-state index is -2.96. The Bertz CT molecular complexity index is 530. The lowest BCUT2D eigenvalue weighted by Crippen LogP contribution is -2.33. The van der Waals surface area contributed by atoms with Crippen LogP contribution in [0.2, 0.25) is 0 Å². The highest BCUT2D eigenvalue weighted by Crippen LogP contribution is 2.35. The first-order chi connectivity index (χ1) is 8.88. The van der Waals surface area contributed by atoms with Gasteiger partial charge in [0.2, 0.25) is 0 Å². The van der Waals surface area contributed by atoms with Gasteiger partial charge in [-0.25, -0.2) is 8.42 Å². The highest BCUT2D eigenvalue weighted by atomic mass is 79.9. The molecule has 3 atom stereocenters. The van der Waals surface area contributed by atoms with Crippen LogP contribution in [0.3, 0.4) is 0 Å². The van der Waals surface area contributed by atoms with Crippen LogP contribution in [0.5, 0.6) is 0 Å². The monoisotopic (exact) mass is 346 g/mol. The Morgan fingerprint density at radius 2 is 2.16 bits per heavy atom. The van der Waals surface area contributed by atoms with E-state index in [2.05, 4.69) is 20.9 Å². The van der Waals surface area contributed by atoms with Gasteiger partial charge in [-0.1, -0.05) is 6.42 Å². The summed E-state index contributed by atoms with van der Waals surface area (Å²) in [6, 6.07) is 3.63. The average molecular weight is 347 g/mol. The second-order valence-electron chi connectivity index (χ2n) is 5.31. The second kappa shape index (κ2) is 5.89. The Labute approximate surface area is 122 Å². The highest BCUT2D eigenvalue weighted by Gasteiger charge is 2.32. The summed E-state index contributed by atoms with van der Waals surface area (Å²) in [7, 11) is -2.96. The van der Waals surface area contributed by atoms with Gasteiger partial charge in [-0.05, 0) is 53.2 Å². The molecule has 0 saturated heterocycles. The summed E-state index contributed by atoms with van der Waals surface area (Å²) in [6.45, 7) is 0. The zero-order valence-corrected chi connectivity index (χ0v) is 13.3. The molecule has 1 aromatic heterocycles. The van der Waals surface area contributed by atoms with Gasteiger partial charge in [0, 0.05) is 23.0 Å². The maximum Gasteiger partial charge on any atom is 0.150 e. The van der Waals surface area contributed by atoms with Crippen molar-refractivity contribution < 1.29 is 8.42 Å². The lowest BCUT2D eigenvalue weighted by atomic mass is 9.82. The van der Waals surface area contributed by atoms with Crippen molar-refractivity contribution in [3.63, 3.8) is 0 Å². The van der Waals surface area contributed by atoms with E-state index in [-0.39, 0.29) is 17.2 Å². The Morgan fingerprint density at radius 1 is 1.42 bits per heavy atom. The third-order valence-electron chi connectivity index (χ3n) is 3.87. The van der Waals surface area contributed by atoms with E-state index >= 15 is 0 Å². The zero-order valence-electron chi connectivity index (χ0n) is 10.9. The normalized spacial score (nSPS) is 26.1. The predicted octanol–water partition coefficient (Wildman–Crippen LogP) is 2.45. The van der Waals surface area contributed by atoms with Crippen LogP contribution < -0.4 is 5.73 Å². The van der Waals surface area contributed by atoms with Gasteiger partial charge in [0.25, 0.3) is 0 Å². The molecule has 2 rings (SSSR count). The Balaban J connectivity index is 2.11. The van der Waals surface area contributed by atoms with Crippen molar-refractivity contribution in [3.8, 4) is 0 Å². The molecular formula is C13H19BrN2O2S. The van der Waals surface area contributed by atoms with E-state index < -0.39 is 9.84 Å². The first-order valence-electron chi connectivity index (χ1n) is 6.44. The van der Waals surface area contributed by atoms with Crippen LogP contribution in [-0.2, 0) is 9.84 Å². The number of pyridine rings is 1. The van der Waals surface area contributed by atoms with E-state index in [0.717, 1.165) is 29.4 Å². The maximum absolute atomic E-state index is 11.7. The Morgan fingerprint density at radius 3 is 2.74 bits per heavy atom. The van der Waals surface area contributed by atoms with E-state index in [4.69, 9.17) is 5.73 Å². The molecule has 1 saturated carbocycles. The largest absolute Gasteiger partial charge is 0.322 e. The zero-order chi connectivity index (χ0) is 14.0. The molecule has 0 spiro atoms. The molecule has 0 radical (unpaired) electrons. The smallest absolute Gasteiger partial charge is 0.150 e. The quantitative estimate of drug-likeness (QED) is 0.912. The standard InChI is InChI=1S/C13H19BrN2O2S/c1-19(17,18)11-4-2-3-9(7-11)13(15)12-6-5-10(14)8-16-12/h5-6,8-9,11,13H,2-4,7,15H2,1H3. The van der Waals surface area contributed by atoms with Crippen molar-refractivity contribution in [2.24, 2.45) is 11.7 Å². The second-order valence-corrected chi connectivity index (χ2v) is 8.55. The summed E-state index contributed by atoms with van der Waals surface area (Å²) >= 11 is 3.34. The molecule has 1 aliphatic rings. The van der Waals surface area contributed by atoms with Gasteiger partial charge in [0.15, 0.2) is 0 Å². The van der Waals surface area contributed by atoms with Crippen LogP contribution >= 0.6 is 15.9 Å². The van der Waals surface area contributed by atoms with Crippen molar-refractivity contribution >= 4 is 25.8 Å². The Hall–Kier alpha value is -0.460. The molecule has 1 aromatic rings. The van der Waals surface area contributed by atoms with Gasteiger partial charge in [-0.3, -0.25) is 4.98 Å². The topological polar surface area (TPSA) is 73.0 Å². The molecule has 0 aromatic carbocycles. The minimum Gasteiger partial charge on any atom is -0.322 e. The van der Waals surface area contributed by atoms with E-state index in [1.54, 1.807) is 6.20 Å². The fraction of sp³-hybridized carbons (Fsp3) is 0.615. The summed E-state index contributed by atoms with van der Waals surface area (Å²) in [5.41, 5.74) is 7.09. The lowest BCUT2D eigenvalue weighted by Gasteiger charge is -2.31. The summed E-state index contributed by atoms with van der Waals surface area (Å²) < 4.78 is 24.3. The molecule has 0 amide bonds. The first kappa shape index (κ1) is 14.9. The number of sulfone groups is 1. The summed E-state index contributed by atoms with van der Waals surface area (Å²) in [4.78, 5) is 4.32. The van der Waals surface area contributed by atoms with Crippen LogP contribution in [-0.4, -0.2) is 24.9 Å². The molecule has 4 nitrogen and oxygen atoms in total. The molecule has 1 fully saturated rings. The average Bonchev–Trinajstić information content (AvgIpc) is 2.38. The number of nitrogens with two attached hydrogens (primary N) is 1. The van der Waals surface area contributed by atoms with Crippen LogP contribution in [0.15, 0.2) is 22.8 Å². The van der Waals surface area contributed by atoms with Crippen LogP contribution in [0.1, 0.15) is 37.4 Å². The molecule has 1 heterocycles.